The molecule has 2 aromatic carbocycles. The second-order valence-corrected chi connectivity index (χ2v) is 5.67. The quantitative estimate of drug-likeness (QED) is 0.817. The van der Waals surface area contributed by atoms with Crippen molar-refractivity contribution in [1.29, 1.82) is 0 Å². The van der Waals surface area contributed by atoms with E-state index < -0.39 is 0 Å². The van der Waals surface area contributed by atoms with E-state index in [9.17, 15) is 0 Å². The largest absolute Gasteiger partial charge is 0.298 e. The Morgan fingerprint density at radius 3 is 2.65 bits per heavy atom. The van der Waals surface area contributed by atoms with Crippen molar-refractivity contribution in [2.24, 2.45) is 0 Å². The lowest BCUT2D eigenvalue weighted by molar-refractivity contribution is 0.136. The molecule has 2 aliphatic heterocycles. The molecule has 0 aromatic heterocycles. The predicted molar refractivity (Wildman–Crippen MR) is 81.5 cm³/mol. The Hall–Kier alpha value is -1.80. The number of hydrogen-bond acceptors (Lipinski definition) is 2. The Morgan fingerprint density at radius 2 is 1.90 bits per heavy atom. The summed E-state index contributed by atoms with van der Waals surface area (Å²) in [5.74, 6) is 0. The maximum atomic E-state index is 3.23. The SMILES string of the molecule is [c]1ccc2c(c1)CCC(c1ccccc1)N2N1CCC1. The molecule has 20 heavy (non-hydrogen) atoms. The Balaban J connectivity index is 1.76. The highest BCUT2D eigenvalue weighted by atomic mass is 15.7. The summed E-state index contributed by atoms with van der Waals surface area (Å²) < 4.78 is 0. The molecule has 0 saturated carbocycles. The molecule has 1 unspecified atom stereocenters. The summed E-state index contributed by atoms with van der Waals surface area (Å²) in [5.41, 5.74) is 4.24. The fraction of sp³-hybridized carbons (Fsp3) is 0.333. The van der Waals surface area contributed by atoms with Crippen LogP contribution in [0, 0.1) is 6.07 Å². The van der Waals surface area contributed by atoms with E-state index >= 15 is 0 Å². The van der Waals surface area contributed by atoms with Crippen LogP contribution in [-0.2, 0) is 6.42 Å². The first kappa shape index (κ1) is 12.0. The van der Waals surface area contributed by atoms with Crippen LogP contribution >= 0.6 is 0 Å². The van der Waals surface area contributed by atoms with Crippen LogP contribution in [0.25, 0.3) is 0 Å². The summed E-state index contributed by atoms with van der Waals surface area (Å²) in [7, 11) is 0. The molecule has 0 amide bonds. The van der Waals surface area contributed by atoms with Crippen LogP contribution in [0.15, 0.2) is 48.5 Å². The lowest BCUT2D eigenvalue weighted by Gasteiger charge is -2.49. The van der Waals surface area contributed by atoms with E-state index in [0.717, 1.165) is 6.42 Å². The van der Waals surface area contributed by atoms with Crippen LogP contribution in [0.5, 0.6) is 0 Å². The Bertz CT molecular complexity index is 589. The summed E-state index contributed by atoms with van der Waals surface area (Å²) in [5, 5.41) is 5.03. The number of anilines is 1. The minimum absolute atomic E-state index is 0.478. The topological polar surface area (TPSA) is 6.48 Å². The van der Waals surface area contributed by atoms with E-state index in [1.807, 2.05) is 6.07 Å². The molecule has 2 heteroatoms. The minimum atomic E-state index is 0.478. The van der Waals surface area contributed by atoms with Crippen molar-refractivity contribution >= 4 is 5.69 Å². The molecule has 0 N–H and O–H groups in total. The fourth-order valence-electron chi connectivity index (χ4n) is 3.31. The maximum absolute atomic E-state index is 3.23. The van der Waals surface area contributed by atoms with Gasteiger partial charge in [0.05, 0.1) is 11.7 Å². The molecule has 1 radical (unpaired) electrons. The van der Waals surface area contributed by atoms with E-state index in [1.165, 1.54) is 42.7 Å². The highest BCUT2D eigenvalue weighted by Gasteiger charge is 2.33. The van der Waals surface area contributed by atoms with Crippen molar-refractivity contribution < 1.29 is 0 Å². The number of benzene rings is 2. The van der Waals surface area contributed by atoms with Crippen LogP contribution in [0.2, 0.25) is 0 Å². The number of aryl methyl sites for hydroxylation is 1. The van der Waals surface area contributed by atoms with Gasteiger partial charge in [-0.2, -0.15) is 0 Å². The van der Waals surface area contributed by atoms with Crippen LogP contribution in [0.4, 0.5) is 5.69 Å². The van der Waals surface area contributed by atoms with Crippen LogP contribution in [-0.4, -0.2) is 18.1 Å². The Labute approximate surface area is 120 Å². The van der Waals surface area contributed by atoms with Gasteiger partial charge in [0.15, 0.2) is 0 Å². The third-order valence-electron chi connectivity index (χ3n) is 4.47. The summed E-state index contributed by atoms with van der Waals surface area (Å²) in [6.07, 6.45) is 3.65. The standard InChI is InChI=1S/C18H19N2/c1-2-7-15(8-3-1)18-12-11-16-9-4-5-10-17(16)20(18)19-13-6-14-19/h1-3,5,7-10,18H,6,11-14H2. The van der Waals surface area contributed by atoms with Gasteiger partial charge in [-0.3, -0.25) is 5.01 Å². The molecule has 0 bridgehead atoms. The maximum Gasteiger partial charge on any atom is 0.0710 e. The van der Waals surface area contributed by atoms with Crippen molar-refractivity contribution in [3.8, 4) is 0 Å². The van der Waals surface area contributed by atoms with Gasteiger partial charge in [-0.05, 0) is 48.6 Å². The average Bonchev–Trinajstić information content (AvgIpc) is 2.47. The molecule has 2 aromatic rings. The average molecular weight is 263 g/mol. The molecular formula is C18H19N2. The molecule has 1 saturated heterocycles. The van der Waals surface area contributed by atoms with E-state index in [1.54, 1.807) is 0 Å². The van der Waals surface area contributed by atoms with Crippen LogP contribution in [0.3, 0.4) is 0 Å². The number of rotatable bonds is 2. The molecule has 0 aliphatic carbocycles. The molecular weight excluding hydrogens is 244 g/mol. The molecule has 2 aliphatic rings. The van der Waals surface area contributed by atoms with Gasteiger partial charge < -0.3 is 0 Å². The van der Waals surface area contributed by atoms with Crippen molar-refractivity contribution in [2.45, 2.75) is 25.3 Å². The van der Waals surface area contributed by atoms with Gasteiger partial charge in [0.1, 0.15) is 0 Å². The van der Waals surface area contributed by atoms with Gasteiger partial charge >= 0.3 is 0 Å². The molecule has 101 valence electrons. The van der Waals surface area contributed by atoms with Crippen molar-refractivity contribution in [3.05, 3.63) is 65.7 Å². The summed E-state index contributed by atoms with van der Waals surface area (Å²) in [4.78, 5) is 0. The highest BCUT2D eigenvalue weighted by molar-refractivity contribution is 5.56. The van der Waals surface area contributed by atoms with Gasteiger partial charge in [-0.1, -0.05) is 36.4 Å². The van der Waals surface area contributed by atoms with Crippen molar-refractivity contribution in [1.82, 2.24) is 5.01 Å². The van der Waals surface area contributed by atoms with E-state index in [-0.39, 0.29) is 0 Å². The number of hydrogen-bond donors (Lipinski definition) is 0. The van der Waals surface area contributed by atoms with Crippen molar-refractivity contribution in [2.75, 3.05) is 18.1 Å². The smallest absolute Gasteiger partial charge is 0.0710 e. The summed E-state index contributed by atoms with van der Waals surface area (Å²) in [6, 6.07) is 21.0. The Kier molecular flexibility index (Phi) is 2.96. The molecule has 0 spiro atoms. The van der Waals surface area contributed by atoms with E-state index in [2.05, 4.69) is 58.5 Å². The number of nitrogens with zero attached hydrogens (tertiary/aromatic N) is 2. The highest BCUT2D eigenvalue weighted by Crippen LogP contribution is 2.40. The molecule has 2 nitrogen and oxygen atoms in total. The zero-order valence-electron chi connectivity index (χ0n) is 11.6. The number of hydrazine groups is 1. The molecule has 2 heterocycles. The number of fused-ring (bicyclic) bond motifs is 1. The van der Waals surface area contributed by atoms with Gasteiger partial charge in [-0.15, -0.1) is 0 Å². The monoisotopic (exact) mass is 263 g/mol. The summed E-state index contributed by atoms with van der Waals surface area (Å²) in [6.45, 7) is 2.36. The predicted octanol–water partition coefficient (Wildman–Crippen LogP) is 3.60. The van der Waals surface area contributed by atoms with Gasteiger partial charge in [0, 0.05) is 13.1 Å². The van der Waals surface area contributed by atoms with Gasteiger partial charge in [0.25, 0.3) is 0 Å². The fourth-order valence-corrected chi connectivity index (χ4v) is 3.31. The zero-order chi connectivity index (χ0) is 13.4. The Morgan fingerprint density at radius 1 is 1.05 bits per heavy atom. The van der Waals surface area contributed by atoms with Crippen molar-refractivity contribution in [3.63, 3.8) is 0 Å². The van der Waals surface area contributed by atoms with E-state index in [0.29, 0.717) is 6.04 Å². The molecule has 1 atom stereocenters. The first-order valence-corrected chi connectivity index (χ1v) is 7.51. The van der Waals surface area contributed by atoms with Crippen LogP contribution < -0.4 is 5.01 Å². The lowest BCUT2D eigenvalue weighted by atomic mass is 9.92. The lowest BCUT2D eigenvalue weighted by Crippen LogP contribution is -2.53. The summed E-state index contributed by atoms with van der Waals surface area (Å²) >= 11 is 0. The molecule has 1 fully saturated rings. The van der Waals surface area contributed by atoms with Gasteiger partial charge in [0.2, 0.25) is 0 Å². The van der Waals surface area contributed by atoms with Crippen LogP contribution in [0.1, 0.15) is 30.0 Å². The van der Waals surface area contributed by atoms with Gasteiger partial charge in [-0.25, -0.2) is 5.01 Å². The first-order chi connectivity index (χ1) is 9.93. The molecule has 4 rings (SSSR count). The third-order valence-corrected chi connectivity index (χ3v) is 4.47. The zero-order valence-corrected chi connectivity index (χ0v) is 11.6. The first-order valence-electron chi connectivity index (χ1n) is 7.51. The third kappa shape index (κ3) is 1.92. The normalized spacial score (nSPS) is 22.2. The minimum Gasteiger partial charge on any atom is -0.298 e. The van der Waals surface area contributed by atoms with E-state index in [4.69, 9.17) is 0 Å². The second-order valence-electron chi connectivity index (χ2n) is 5.67. The second kappa shape index (κ2) is 4.95.